The molecule has 1 aromatic heterocycles. The maximum Gasteiger partial charge on any atom is 0.247 e. The Morgan fingerprint density at radius 2 is 2.06 bits per heavy atom. The van der Waals surface area contributed by atoms with Crippen LogP contribution in [0.1, 0.15) is 12.8 Å². The summed E-state index contributed by atoms with van der Waals surface area (Å²) in [7, 11) is 0. The summed E-state index contributed by atoms with van der Waals surface area (Å²) >= 11 is 0. The average molecular weight is 239 g/mol. The molecule has 90 valence electrons. The minimum Gasteiger partial charge on any atom is -0.371 e. The van der Waals surface area contributed by atoms with Gasteiger partial charge in [-0.25, -0.2) is 0 Å². The maximum absolute atomic E-state index is 12.0. The van der Waals surface area contributed by atoms with Gasteiger partial charge >= 0.3 is 0 Å². The minimum atomic E-state index is -0.0803. The predicted molar refractivity (Wildman–Crippen MR) is 70.5 cm³/mol. The van der Waals surface area contributed by atoms with E-state index in [9.17, 15) is 4.79 Å². The molecule has 4 nitrogen and oxygen atoms in total. The number of aromatic nitrogens is 1. The van der Waals surface area contributed by atoms with Gasteiger partial charge < -0.3 is 10.6 Å². The summed E-state index contributed by atoms with van der Waals surface area (Å²) < 4.78 is 0. The van der Waals surface area contributed by atoms with Crippen LogP contribution in [-0.4, -0.2) is 16.9 Å². The zero-order chi connectivity index (χ0) is 12.1. The van der Waals surface area contributed by atoms with Gasteiger partial charge in [0.25, 0.3) is 0 Å². The maximum atomic E-state index is 12.0. The third kappa shape index (κ3) is 1.38. The molecule has 1 unspecified atom stereocenters. The molecule has 2 aliphatic rings. The van der Waals surface area contributed by atoms with Gasteiger partial charge in [0, 0.05) is 5.39 Å². The number of carbonyl (C=O) groups excluding carboxylic acids is 1. The Balaban J connectivity index is 1.88. The molecule has 2 N–H and O–H groups in total. The summed E-state index contributed by atoms with van der Waals surface area (Å²) in [6, 6.07) is 7.91. The molecule has 1 aromatic carbocycles. The van der Waals surface area contributed by atoms with Crippen molar-refractivity contribution in [2.24, 2.45) is 5.92 Å². The first-order valence-corrected chi connectivity index (χ1v) is 6.28. The van der Waals surface area contributed by atoms with Crippen LogP contribution in [0.3, 0.4) is 0 Å². The molecule has 0 radical (unpaired) electrons. The van der Waals surface area contributed by atoms with Crippen molar-refractivity contribution in [1.82, 2.24) is 4.98 Å². The van der Waals surface area contributed by atoms with E-state index in [1.165, 1.54) is 0 Å². The zero-order valence-corrected chi connectivity index (χ0v) is 9.81. The van der Waals surface area contributed by atoms with E-state index in [0.717, 1.165) is 35.1 Å². The second kappa shape index (κ2) is 3.45. The fourth-order valence-corrected chi connectivity index (χ4v) is 2.58. The Bertz CT molecular complexity index is 649. The van der Waals surface area contributed by atoms with Gasteiger partial charge in [0.1, 0.15) is 6.04 Å². The largest absolute Gasteiger partial charge is 0.371 e. The standard InChI is InChI=1S/C14H13N3O/c18-14-12(8-5-6-8)17-13-9-3-1-2-4-10(9)15-7-11(13)16-14/h1-4,7-8,12,17H,5-6H2,(H,16,18). The van der Waals surface area contributed by atoms with E-state index in [2.05, 4.69) is 15.6 Å². The van der Waals surface area contributed by atoms with Crippen molar-refractivity contribution in [2.45, 2.75) is 18.9 Å². The van der Waals surface area contributed by atoms with Crippen LogP contribution in [-0.2, 0) is 4.79 Å². The molecule has 2 heterocycles. The van der Waals surface area contributed by atoms with Crippen molar-refractivity contribution in [3.8, 4) is 0 Å². The number of hydrogen-bond acceptors (Lipinski definition) is 3. The first kappa shape index (κ1) is 9.88. The molecule has 1 aliphatic heterocycles. The van der Waals surface area contributed by atoms with Gasteiger partial charge in [-0.05, 0) is 24.8 Å². The topological polar surface area (TPSA) is 54.0 Å². The number of rotatable bonds is 1. The molecule has 2 aromatic rings. The highest BCUT2D eigenvalue weighted by Crippen LogP contribution is 2.40. The zero-order valence-electron chi connectivity index (χ0n) is 9.81. The van der Waals surface area contributed by atoms with Gasteiger partial charge in [-0.1, -0.05) is 18.2 Å². The molecule has 1 aliphatic carbocycles. The quantitative estimate of drug-likeness (QED) is 0.803. The molecule has 18 heavy (non-hydrogen) atoms. The molecule has 1 saturated carbocycles. The van der Waals surface area contributed by atoms with E-state index in [0.29, 0.717) is 5.92 Å². The normalized spacial score (nSPS) is 22.2. The number of hydrogen-bond donors (Lipinski definition) is 2. The van der Waals surface area contributed by atoms with E-state index in [4.69, 9.17) is 0 Å². The van der Waals surface area contributed by atoms with Crippen molar-refractivity contribution in [1.29, 1.82) is 0 Å². The van der Waals surface area contributed by atoms with Crippen LogP contribution in [0.25, 0.3) is 10.9 Å². The smallest absolute Gasteiger partial charge is 0.247 e. The van der Waals surface area contributed by atoms with Crippen LogP contribution in [0, 0.1) is 5.92 Å². The number of para-hydroxylation sites is 1. The number of pyridine rings is 1. The Labute approximate surface area is 104 Å². The van der Waals surface area contributed by atoms with Gasteiger partial charge in [-0.15, -0.1) is 0 Å². The minimum absolute atomic E-state index is 0.0714. The number of anilines is 2. The second-order valence-electron chi connectivity index (χ2n) is 5.01. The highest BCUT2D eigenvalue weighted by atomic mass is 16.2. The third-order valence-corrected chi connectivity index (χ3v) is 3.71. The van der Waals surface area contributed by atoms with Crippen LogP contribution in [0.15, 0.2) is 30.5 Å². The van der Waals surface area contributed by atoms with E-state index >= 15 is 0 Å². The van der Waals surface area contributed by atoms with E-state index < -0.39 is 0 Å². The number of nitrogens with zero attached hydrogens (tertiary/aromatic N) is 1. The van der Waals surface area contributed by atoms with Crippen molar-refractivity contribution in [3.63, 3.8) is 0 Å². The molecule has 1 atom stereocenters. The molecule has 1 amide bonds. The highest BCUT2D eigenvalue weighted by Gasteiger charge is 2.39. The SMILES string of the molecule is O=C1Nc2cnc3ccccc3c2NC1C1CC1. The summed E-state index contributed by atoms with van der Waals surface area (Å²) in [4.78, 5) is 16.3. The lowest BCUT2D eigenvalue weighted by Gasteiger charge is -2.27. The first-order chi connectivity index (χ1) is 8.83. The molecule has 0 bridgehead atoms. The van der Waals surface area contributed by atoms with E-state index in [1.807, 2.05) is 24.3 Å². The monoisotopic (exact) mass is 239 g/mol. The van der Waals surface area contributed by atoms with Crippen LogP contribution in [0.4, 0.5) is 11.4 Å². The predicted octanol–water partition coefficient (Wildman–Crippen LogP) is 2.38. The molecule has 1 fully saturated rings. The first-order valence-electron chi connectivity index (χ1n) is 6.28. The summed E-state index contributed by atoms with van der Waals surface area (Å²) in [5, 5.41) is 7.43. The lowest BCUT2D eigenvalue weighted by Crippen LogP contribution is -2.40. The summed E-state index contributed by atoms with van der Waals surface area (Å²) in [5.74, 6) is 0.562. The van der Waals surface area contributed by atoms with Crippen molar-refractivity contribution >= 4 is 28.2 Å². The van der Waals surface area contributed by atoms with Crippen LogP contribution in [0.2, 0.25) is 0 Å². The molecular formula is C14H13N3O. The average Bonchev–Trinajstić information content (AvgIpc) is 3.22. The van der Waals surface area contributed by atoms with E-state index in [-0.39, 0.29) is 11.9 Å². The van der Waals surface area contributed by atoms with Crippen LogP contribution >= 0.6 is 0 Å². The van der Waals surface area contributed by atoms with Crippen molar-refractivity contribution in [2.75, 3.05) is 10.6 Å². The van der Waals surface area contributed by atoms with Gasteiger partial charge in [-0.3, -0.25) is 9.78 Å². The van der Waals surface area contributed by atoms with Gasteiger partial charge in [-0.2, -0.15) is 0 Å². The number of carbonyl (C=O) groups is 1. The second-order valence-corrected chi connectivity index (χ2v) is 5.01. The lowest BCUT2D eigenvalue weighted by atomic mass is 10.1. The Morgan fingerprint density at radius 3 is 2.89 bits per heavy atom. The van der Waals surface area contributed by atoms with Crippen molar-refractivity contribution in [3.05, 3.63) is 30.5 Å². The van der Waals surface area contributed by atoms with Gasteiger partial charge in [0.15, 0.2) is 0 Å². The fraction of sp³-hybridized carbons (Fsp3) is 0.286. The summed E-state index contributed by atoms with van der Waals surface area (Å²) in [6.07, 6.45) is 4.01. The molecular weight excluding hydrogens is 226 g/mol. The van der Waals surface area contributed by atoms with Gasteiger partial charge in [0.05, 0.1) is 23.1 Å². The summed E-state index contributed by atoms with van der Waals surface area (Å²) in [6.45, 7) is 0. The Morgan fingerprint density at radius 1 is 1.22 bits per heavy atom. The molecule has 4 heteroatoms. The van der Waals surface area contributed by atoms with Crippen LogP contribution in [0.5, 0.6) is 0 Å². The molecule has 4 rings (SSSR count). The summed E-state index contributed by atoms with van der Waals surface area (Å²) in [5.41, 5.74) is 2.75. The van der Waals surface area contributed by atoms with Gasteiger partial charge in [0.2, 0.25) is 5.91 Å². The van der Waals surface area contributed by atoms with Crippen LogP contribution < -0.4 is 10.6 Å². The number of fused-ring (bicyclic) bond motifs is 3. The number of amides is 1. The number of nitrogens with one attached hydrogen (secondary N) is 2. The molecule has 0 spiro atoms. The Hall–Kier alpha value is -2.10. The van der Waals surface area contributed by atoms with E-state index in [1.54, 1.807) is 6.20 Å². The number of benzene rings is 1. The highest BCUT2D eigenvalue weighted by molar-refractivity contribution is 6.09. The molecule has 0 saturated heterocycles. The fourth-order valence-electron chi connectivity index (χ4n) is 2.58. The lowest BCUT2D eigenvalue weighted by molar-refractivity contribution is -0.117. The van der Waals surface area contributed by atoms with Crippen molar-refractivity contribution < 1.29 is 4.79 Å². The third-order valence-electron chi connectivity index (χ3n) is 3.71. The Kier molecular flexibility index (Phi) is 1.89.